The van der Waals surface area contributed by atoms with Crippen molar-refractivity contribution in [1.82, 2.24) is 10.2 Å². The summed E-state index contributed by atoms with van der Waals surface area (Å²) in [5.74, 6) is 0.124. The molecule has 2 aromatic carbocycles. The molecule has 1 aliphatic rings. The highest BCUT2D eigenvalue weighted by atomic mass is 16.1. The fourth-order valence-corrected chi connectivity index (χ4v) is 3.85. The number of rotatable bonds is 7. The first-order chi connectivity index (χ1) is 12.6. The minimum atomic E-state index is -0.165. The van der Waals surface area contributed by atoms with E-state index < -0.39 is 0 Å². The molecule has 3 heteroatoms. The number of benzene rings is 2. The molecule has 1 saturated heterocycles. The predicted molar refractivity (Wildman–Crippen MR) is 107 cm³/mol. The summed E-state index contributed by atoms with van der Waals surface area (Å²) in [6.07, 6.45) is 3.00. The van der Waals surface area contributed by atoms with Gasteiger partial charge in [0.25, 0.3) is 0 Å². The highest BCUT2D eigenvalue weighted by Gasteiger charge is 2.27. The van der Waals surface area contributed by atoms with Gasteiger partial charge in [0, 0.05) is 13.0 Å². The zero-order chi connectivity index (χ0) is 18.4. The lowest BCUT2D eigenvalue weighted by atomic mass is 9.81. The van der Waals surface area contributed by atoms with Gasteiger partial charge in [0.2, 0.25) is 5.91 Å². The Morgan fingerprint density at radius 2 is 1.58 bits per heavy atom. The van der Waals surface area contributed by atoms with Gasteiger partial charge in [-0.2, -0.15) is 0 Å². The van der Waals surface area contributed by atoms with Crippen LogP contribution in [-0.2, 0) is 10.2 Å². The molecule has 3 nitrogen and oxygen atoms in total. The van der Waals surface area contributed by atoms with Gasteiger partial charge in [-0.15, -0.1) is 0 Å². The standard InChI is InChI=1S/C23H30N2O/c1-23(2,20-13-7-4-8-14-20)17-22(26)24-18-21(25-15-9-10-16-25)19-11-5-3-6-12-19/h3-8,11-14,21H,9-10,15-18H2,1-2H3,(H,24,26). The summed E-state index contributed by atoms with van der Waals surface area (Å²) in [6.45, 7) is 7.18. The van der Waals surface area contributed by atoms with Crippen molar-refractivity contribution >= 4 is 5.91 Å². The van der Waals surface area contributed by atoms with Gasteiger partial charge in [-0.1, -0.05) is 74.5 Å². The Hall–Kier alpha value is -2.13. The molecule has 1 N–H and O–H groups in total. The molecular weight excluding hydrogens is 320 g/mol. The second-order valence-electron chi connectivity index (χ2n) is 7.90. The van der Waals surface area contributed by atoms with Crippen molar-refractivity contribution in [3.8, 4) is 0 Å². The predicted octanol–water partition coefficient (Wildman–Crippen LogP) is 4.31. The van der Waals surface area contributed by atoms with E-state index in [1.165, 1.54) is 24.0 Å². The van der Waals surface area contributed by atoms with Crippen LogP contribution in [0.15, 0.2) is 60.7 Å². The largest absolute Gasteiger partial charge is 0.354 e. The number of hydrogen-bond donors (Lipinski definition) is 1. The van der Waals surface area contributed by atoms with Gasteiger partial charge in [-0.05, 0) is 42.5 Å². The number of nitrogens with zero attached hydrogens (tertiary/aromatic N) is 1. The lowest BCUT2D eigenvalue weighted by molar-refractivity contribution is -0.122. The molecule has 0 saturated carbocycles. The third-order valence-electron chi connectivity index (χ3n) is 5.42. The van der Waals surface area contributed by atoms with Gasteiger partial charge >= 0.3 is 0 Å². The van der Waals surface area contributed by atoms with Crippen molar-refractivity contribution in [2.75, 3.05) is 19.6 Å². The van der Waals surface area contributed by atoms with Crippen molar-refractivity contribution in [3.05, 3.63) is 71.8 Å². The summed E-state index contributed by atoms with van der Waals surface area (Å²) in [6, 6.07) is 21.1. The Bertz CT molecular complexity index is 691. The summed E-state index contributed by atoms with van der Waals surface area (Å²) in [7, 11) is 0. The minimum absolute atomic E-state index is 0.124. The average molecular weight is 351 g/mol. The fourth-order valence-electron chi connectivity index (χ4n) is 3.85. The molecule has 138 valence electrons. The van der Waals surface area contributed by atoms with Crippen molar-refractivity contribution in [2.45, 2.75) is 44.6 Å². The molecule has 0 bridgehead atoms. The lowest BCUT2D eigenvalue weighted by Gasteiger charge is -2.29. The molecule has 1 atom stereocenters. The molecule has 0 radical (unpaired) electrons. The van der Waals surface area contributed by atoms with Crippen LogP contribution in [0, 0.1) is 0 Å². The maximum atomic E-state index is 12.7. The summed E-state index contributed by atoms with van der Waals surface area (Å²) in [4.78, 5) is 15.2. The van der Waals surface area contributed by atoms with Crippen LogP contribution in [0.3, 0.4) is 0 Å². The molecule has 1 heterocycles. The molecule has 0 spiro atoms. The van der Waals surface area contributed by atoms with E-state index in [1.807, 2.05) is 24.3 Å². The number of carbonyl (C=O) groups excluding carboxylic acids is 1. The minimum Gasteiger partial charge on any atom is -0.354 e. The average Bonchev–Trinajstić information content (AvgIpc) is 3.17. The molecule has 1 fully saturated rings. The Morgan fingerprint density at radius 3 is 2.19 bits per heavy atom. The monoisotopic (exact) mass is 350 g/mol. The van der Waals surface area contributed by atoms with Crippen molar-refractivity contribution in [1.29, 1.82) is 0 Å². The van der Waals surface area contributed by atoms with Gasteiger partial charge in [-0.3, -0.25) is 9.69 Å². The summed E-state index contributed by atoms with van der Waals surface area (Å²) in [5, 5.41) is 3.20. The smallest absolute Gasteiger partial charge is 0.220 e. The van der Waals surface area contributed by atoms with E-state index in [4.69, 9.17) is 0 Å². The van der Waals surface area contributed by atoms with E-state index in [0.717, 1.165) is 13.1 Å². The SMILES string of the molecule is CC(C)(CC(=O)NCC(c1ccccc1)N1CCCC1)c1ccccc1. The lowest BCUT2D eigenvalue weighted by Crippen LogP contribution is -2.38. The van der Waals surface area contributed by atoms with Crippen LogP contribution in [0.1, 0.15) is 50.3 Å². The van der Waals surface area contributed by atoms with Crippen LogP contribution in [0.25, 0.3) is 0 Å². The van der Waals surface area contributed by atoms with Crippen LogP contribution in [-0.4, -0.2) is 30.4 Å². The Labute approximate surface area is 157 Å². The van der Waals surface area contributed by atoms with E-state index >= 15 is 0 Å². The fraction of sp³-hybridized carbons (Fsp3) is 0.435. The molecule has 1 aliphatic heterocycles. The summed E-state index contributed by atoms with van der Waals surface area (Å²) in [5.41, 5.74) is 2.33. The number of hydrogen-bond acceptors (Lipinski definition) is 2. The first-order valence-corrected chi connectivity index (χ1v) is 9.67. The summed E-state index contributed by atoms with van der Waals surface area (Å²) < 4.78 is 0. The maximum absolute atomic E-state index is 12.7. The van der Waals surface area contributed by atoms with Gasteiger partial charge in [0.15, 0.2) is 0 Å². The Kier molecular flexibility index (Phi) is 6.10. The summed E-state index contributed by atoms with van der Waals surface area (Å²) >= 11 is 0. The maximum Gasteiger partial charge on any atom is 0.220 e. The van der Waals surface area contributed by atoms with Gasteiger partial charge in [0.05, 0.1) is 6.04 Å². The van der Waals surface area contributed by atoms with Crippen molar-refractivity contribution < 1.29 is 4.79 Å². The molecule has 2 aromatic rings. The molecule has 0 aromatic heterocycles. The molecule has 26 heavy (non-hydrogen) atoms. The van der Waals surface area contributed by atoms with Crippen molar-refractivity contribution in [3.63, 3.8) is 0 Å². The van der Waals surface area contributed by atoms with Gasteiger partial charge < -0.3 is 5.32 Å². The number of likely N-dealkylation sites (tertiary alicyclic amines) is 1. The Morgan fingerprint density at radius 1 is 1.00 bits per heavy atom. The quantitative estimate of drug-likeness (QED) is 0.807. The van der Waals surface area contributed by atoms with E-state index in [9.17, 15) is 4.79 Å². The molecule has 1 amide bonds. The van der Waals surface area contributed by atoms with E-state index in [-0.39, 0.29) is 17.4 Å². The van der Waals surface area contributed by atoms with Crippen LogP contribution < -0.4 is 5.32 Å². The number of amides is 1. The zero-order valence-corrected chi connectivity index (χ0v) is 15.9. The molecule has 0 aliphatic carbocycles. The first-order valence-electron chi connectivity index (χ1n) is 9.67. The van der Waals surface area contributed by atoms with E-state index in [0.29, 0.717) is 13.0 Å². The highest BCUT2D eigenvalue weighted by molar-refractivity contribution is 5.77. The second kappa shape index (κ2) is 8.50. The van der Waals surface area contributed by atoms with Crippen LogP contribution in [0.2, 0.25) is 0 Å². The molecule has 3 rings (SSSR count). The van der Waals surface area contributed by atoms with E-state index in [2.05, 4.69) is 60.5 Å². The highest BCUT2D eigenvalue weighted by Crippen LogP contribution is 2.27. The number of nitrogens with one attached hydrogen (secondary N) is 1. The van der Waals surface area contributed by atoms with Gasteiger partial charge in [0.1, 0.15) is 0 Å². The van der Waals surface area contributed by atoms with Crippen molar-refractivity contribution in [2.24, 2.45) is 0 Å². The van der Waals surface area contributed by atoms with E-state index in [1.54, 1.807) is 0 Å². The zero-order valence-electron chi connectivity index (χ0n) is 15.9. The topological polar surface area (TPSA) is 32.3 Å². The van der Waals surface area contributed by atoms with Crippen LogP contribution in [0.4, 0.5) is 0 Å². The Balaban J connectivity index is 1.62. The third kappa shape index (κ3) is 4.73. The van der Waals surface area contributed by atoms with Crippen LogP contribution >= 0.6 is 0 Å². The molecular formula is C23H30N2O. The first kappa shape index (κ1) is 18.7. The number of carbonyl (C=O) groups is 1. The second-order valence-corrected chi connectivity index (χ2v) is 7.90. The molecule has 1 unspecified atom stereocenters. The normalized spacial score (nSPS) is 16.4. The van der Waals surface area contributed by atoms with Crippen LogP contribution in [0.5, 0.6) is 0 Å². The third-order valence-corrected chi connectivity index (χ3v) is 5.42. The van der Waals surface area contributed by atoms with Gasteiger partial charge in [-0.25, -0.2) is 0 Å².